The van der Waals surface area contributed by atoms with Gasteiger partial charge in [-0.3, -0.25) is 14.9 Å². The molecule has 2 aromatic rings. The molecule has 3 N–H and O–H groups in total. The van der Waals surface area contributed by atoms with E-state index >= 15 is 0 Å². The Balaban J connectivity index is 1.75. The van der Waals surface area contributed by atoms with Gasteiger partial charge >= 0.3 is 0 Å². The molecular weight excluding hydrogens is 406 g/mol. The zero-order valence-corrected chi connectivity index (χ0v) is 18.0. The Bertz CT molecular complexity index is 1040. The van der Waals surface area contributed by atoms with Crippen LogP contribution in [0.2, 0.25) is 5.02 Å². The van der Waals surface area contributed by atoms with Crippen LogP contribution < -0.4 is 25.4 Å². The van der Waals surface area contributed by atoms with Crippen LogP contribution in [0, 0.1) is 12.8 Å². The third-order valence-electron chi connectivity index (χ3n) is 5.82. The zero-order chi connectivity index (χ0) is 21.6. The van der Waals surface area contributed by atoms with E-state index < -0.39 is 11.5 Å². The summed E-state index contributed by atoms with van der Waals surface area (Å²) in [7, 11) is 3.08. The molecule has 2 aliphatic rings. The molecule has 1 spiro atoms. The average Bonchev–Trinajstić information content (AvgIpc) is 3.20. The number of carbonyl (C=O) groups is 2. The first kappa shape index (κ1) is 20.5. The van der Waals surface area contributed by atoms with Gasteiger partial charge in [-0.15, -0.1) is 0 Å². The molecule has 2 amide bonds. The highest BCUT2D eigenvalue weighted by Crippen LogP contribution is 2.49. The molecule has 7 nitrogen and oxygen atoms in total. The number of ether oxygens (including phenoxy) is 2. The lowest BCUT2D eigenvalue weighted by atomic mass is 9.79. The van der Waals surface area contributed by atoms with Crippen LogP contribution in [0.3, 0.4) is 0 Å². The fourth-order valence-electron chi connectivity index (χ4n) is 4.52. The van der Waals surface area contributed by atoms with Gasteiger partial charge in [0.15, 0.2) is 0 Å². The van der Waals surface area contributed by atoms with Crippen molar-refractivity contribution in [3.8, 4) is 11.5 Å². The van der Waals surface area contributed by atoms with E-state index in [1.807, 2.05) is 19.9 Å². The number of amides is 2. The Labute approximate surface area is 180 Å². The third-order valence-corrected chi connectivity index (χ3v) is 6.12. The summed E-state index contributed by atoms with van der Waals surface area (Å²) in [5.41, 5.74) is 1.49. The molecule has 30 heavy (non-hydrogen) atoms. The highest BCUT2D eigenvalue weighted by atomic mass is 35.5. The van der Waals surface area contributed by atoms with Gasteiger partial charge < -0.3 is 20.1 Å². The molecule has 1 saturated heterocycles. The predicted octanol–water partition coefficient (Wildman–Crippen LogP) is 3.45. The Morgan fingerprint density at radius 1 is 1.23 bits per heavy atom. The van der Waals surface area contributed by atoms with Gasteiger partial charge in [0.25, 0.3) is 0 Å². The maximum Gasteiger partial charge on any atom is 0.250 e. The second kappa shape index (κ2) is 7.49. The summed E-state index contributed by atoms with van der Waals surface area (Å²) in [6.07, 6.45) is 0.497. The number of aryl methyl sites for hydroxylation is 1. The summed E-state index contributed by atoms with van der Waals surface area (Å²) in [4.78, 5) is 26.7. The van der Waals surface area contributed by atoms with Crippen LogP contribution >= 0.6 is 11.6 Å². The first-order valence-electron chi connectivity index (χ1n) is 9.72. The van der Waals surface area contributed by atoms with Crippen molar-refractivity contribution in [3.05, 3.63) is 46.5 Å². The number of rotatable bonds is 4. The summed E-state index contributed by atoms with van der Waals surface area (Å²) < 4.78 is 10.6. The van der Waals surface area contributed by atoms with Crippen molar-refractivity contribution < 1.29 is 19.1 Å². The molecule has 3 atom stereocenters. The second-order valence-corrected chi connectivity index (χ2v) is 8.23. The van der Waals surface area contributed by atoms with E-state index in [0.29, 0.717) is 39.9 Å². The van der Waals surface area contributed by atoms with E-state index in [0.717, 1.165) is 5.56 Å². The molecule has 2 heterocycles. The fourth-order valence-corrected chi connectivity index (χ4v) is 4.84. The number of carbonyl (C=O) groups excluding carboxylic acids is 2. The maximum atomic E-state index is 13.5. The molecule has 2 aliphatic heterocycles. The fraction of sp³-hybridized carbons (Fsp3) is 0.364. The van der Waals surface area contributed by atoms with Gasteiger partial charge in [-0.2, -0.15) is 0 Å². The topological polar surface area (TPSA) is 88.7 Å². The minimum Gasteiger partial charge on any atom is -0.497 e. The van der Waals surface area contributed by atoms with Gasteiger partial charge in [0, 0.05) is 17.7 Å². The van der Waals surface area contributed by atoms with Crippen LogP contribution in [0.15, 0.2) is 30.3 Å². The molecule has 0 radical (unpaired) electrons. The number of nitrogens with one attached hydrogen (secondary N) is 3. The molecule has 1 fully saturated rings. The Kier molecular flexibility index (Phi) is 5.11. The number of methoxy groups -OCH3 is 2. The first-order valence-corrected chi connectivity index (χ1v) is 10.1. The summed E-state index contributed by atoms with van der Waals surface area (Å²) in [5, 5.41) is 9.64. The number of halogens is 1. The van der Waals surface area contributed by atoms with Gasteiger partial charge in [-0.1, -0.05) is 17.7 Å². The van der Waals surface area contributed by atoms with Crippen molar-refractivity contribution >= 4 is 34.8 Å². The molecule has 0 saturated carbocycles. The molecular formula is C22H24ClN3O4. The minimum absolute atomic E-state index is 0.0380. The van der Waals surface area contributed by atoms with Gasteiger partial charge in [0.05, 0.1) is 36.5 Å². The highest BCUT2D eigenvalue weighted by Gasteiger charge is 2.59. The van der Waals surface area contributed by atoms with Crippen LogP contribution in [0.25, 0.3) is 0 Å². The molecule has 4 rings (SSSR count). The van der Waals surface area contributed by atoms with Crippen molar-refractivity contribution in [2.75, 3.05) is 24.9 Å². The lowest BCUT2D eigenvalue weighted by Crippen LogP contribution is -2.52. The normalized spacial score (nSPS) is 24.5. The number of hydrogen-bond donors (Lipinski definition) is 3. The van der Waals surface area contributed by atoms with Crippen molar-refractivity contribution in [1.29, 1.82) is 0 Å². The van der Waals surface area contributed by atoms with Gasteiger partial charge in [-0.05, 0) is 44.0 Å². The van der Waals surface area contributed by atoms with Crippen molar-refractivity contribution in [2.24, 2.45) is 5.92 Å². The second-order valence-electron chi connectivity index (χ2n) is 7.82. The zero-order valence-electron chi connectivity index (χ0n) is 17.3. The van der Waals surface area contributed by atoms with Crippen LogP contribution in [0.1, 0.15) is 24.5 Å². The third kappa shape index (κ3) is 3.09. The number of fused-ring (bicyclic) bond motifs is 2. The quantitative estimate of drug-likeness (QED) is 0.692. The predicted molar refractivity (Wildman–Crippen MR) is 115 cm³/mol. The van der Waals surface area contributed by atoms with E-state index in [1.165, 1.54) is 7.11 Å². The Morgan fingerprint density at radius 2 is 2.00 bits per heavy atom. The lowest BCUT2D eigenvalue weighted by molar-refractivity contribution is -0.130. The highest BCUT2D eigenvalue weighted by molar-refractivity contribution is 6.35. The molecule has 0 aromatic heterocycles. The van der Waals surface area contributed by atoms with E-state index in [1.54, 1.807) is 31.4 Å². The summed E-state index contributed by atoms with van der Waals surface area (Å²) >= 11 is 6.39. The van der Waals surface area contributed by atoms with Crippen LogP contribution in [-0.2, 0) is 15.1 Å². The monoisotopic (exact) mass is 429 g/mol. The first-order chi connectivity index (χ1) is 14.3. The smallest absolute Gasteiger partial charge is 0.250 e. The number of hydrogen-bond acceptors (Lipinski definition) is 5. The van der Waals surface area contributed by atoms with E-state index in [9.17, 15) is 9.59 Å². The molecule has 0 unspecified atom stereocenters. The van der Waals surface area contributed by atoms with Crippen molar-refractivity contribution in [2.45, 2.75) is 31.8 Å². The summed E-state index contributed by atoms with van der Waals surface area (Å²) in [5.74, 6) is -0.0916. The van der Waals surface area contributed by atoms with Gasteiger partial charge in [-0.25, -0.2) is 0 Å². The SMILES string of the molecule is COc1ccc(OC)c(NC(=O)[C@@H]2C[C@@H](C)N[C@]23C(=O)Nc2c(Cl)cc(C)cc23)c1. The minimum atomic E-state index is -1.18. The van der Waals surface area contributed by atoms with Crippen LogP contribution in [-0.4, -0.2) is 32.1 Å². The standard InChI is InChI=1S/C22H24ClN3O4/c1-11-7-14-19(16(23)8-11)25-21(28)22(14)15(9-12(2)26-22)20(27)24-17-10-13(29-3)5-6-18(17)30-4/h5-8,10,12,15,26H,9H2,1-4H3,(H,24,27)(H,25,28)/t12-,15+,22+/m1/s1. The van der Waals surface area contributed by atoms with E-state index in [4.69, 9.17) is 21.1 Å². The molecule has 8 heteroatoms. The van der Waals surface area contributed by atoms with Crippen LogP contribution in [0.4, 0.5) is 11.4 Å². The number of benzene rings is 2. The number of anilines is 2. The Morgan fingerprint density at radius 3 is 2.70 bits per heavy atom. The molecule has 0 aliphatic carbocycles. The van der Waals surface area contributed by atoms with Gasteiger partial charge in [0.2, 0.25) is 11.8 Å². The van der Waals surface area contributed by atoms with E-state index in [-0.39, 0.29) is 17.9 Å². The Hall–Kier alpha value is -2.77. The van der Waals surface area contributed by atoms with Crippen molar-refractivity contribution in [3.63, 3.8) is 0 Å². The van der Waals surface area contributed by atoms with Crippen LogP contribution in [0.5, 0.6) is 11.5 Å². The summed E-state index contributed by atoms with van der Waals surface area (Å²) in [6.45, 7) is 3.88. The lowest BCUT2D eigenvalue weighted by Gasteiger charge is -2.29. The van der Waals surface area contributed by atoms with Gasteiger partial charge in [0.1, 0.15) is 17.0 Å². The average molecular weight is 430 g/mol. The van der Waals surface area contributed by atoms with Crippen molar-refractivity contribution in [1.82, 2.24) is 5.32 Å². The largest absolute Gasteiger partial charge is 0.497 e. The molecule has 0 bridgehead atoms. The maximum absolute atomic E-state index is 13.5. The molecule has 2 aromatic carbocycles. The summed E-state index contributed by atoms with van der Waals surface area (Å²) in [6, 6.07) is 8.84. The molecule has 158 valence electrons. The van der Waals surface area contributed by atoms with E-state index in [2.05, 4.69) is 16.0 Å².